The first-order chi connectivity index (χ1) is 8.82. The standard InChI is InChI=1S/C13H16F3NO2/c1-9(17-12(18)8-19-2)7-10-3-5-11(6-4-10)13(14,15)16/h3-6,9H,7-8H2,1-2H3,(H,17,18)/t9-/m1/s1. The van der Waals surface area contributed by atoms with Gasteiger partial charge in [0, 0.05) is 13.2 Å². The SMILES string of the molecule is COCC(=O)N[C@H](C)Cc1ccc(C(F)(F)F)cc1. The van der Waals surface area contributed by atoms with Gasteiger partial charge >= 0.3 is 6.18 Å². The molecule has 3 nitrogen and oxygen atoms in total. The number of hydrogen-bond donors (Lipinski definition) is 1. The molecule has 1 amide bonds. The van der Waals surface area contributed by atoms with Crippen molar-refractivity contribution in [1.29, 1.82) is 0 Å². The van der Waals surface area contributed by atoms with Crippen molar-refractivity contribution < 1.29 is 22.7 Å². The van der Waals surface area contributed by atoms with E-state index in [1.807, 2.05) is 0 Å². The molecule has 0 fully saturated rings. The molecule has 1 N–H and O–H groups in total. The van der Waals surface area contributed by atoms with Crippen LogP contribution in [0, 0.1) is 0 Å². The Hall–Kier alpha value is -1.56. The van der Waals surface area contributed by atoms with E-state index < -0.39 is 11.7 Å². The molecule has 1 aromatic rings. The van der Waals surface area contributed by atoms with Crippen molar-refractivity contribution in [3.8, 4) is 0 Å². The smallest absolute Gasteiger partial charge is 0.375 e. The van der Waals surface area contributed by atoms with Crippen molar-refractivity contribution in [3.05, 3.63) is 35.4 Å². The van der Waals surface area contributed by atoms with E-state index in [-0.39, 0.29) is 18.6 Å². The molecular weight excluding hydrogens is 259 g/mol. The Morgan fingerprint density at radius 2 is 1.89 bits per heavy atom. The van der Waals surface area contributed by atoms with E-state index in [1.165, 1.54) is 19.2 Å². The number of carbonyl (C=O) groups excluding carboxylic acids is 1. The Balaban J connectivity index is 2.56. The van der Waals surface area contributed by atoms with Gasteiger partial charge in [0.05, 0.1) is 5.56 Å². The number of carbonyl (C=O) groups is 1. The van der Waals surface area contributed by atoms with Gasteiger partial charge in [0.15, 0.2) is 0 Å². The average Bonchev–Trinajstić information content (AvgIpc) is 2.28. The second-order valence-electron chi connectivity index (χ2n) is 4.30. The van der Waals surface area contributed by atoms with Crippen LogP contribution in [0.1, 0.15) is 18.1 Å². The number of rotatable bonds is 5. The number of amides is 1. The number of nitrogens with one attached hydrogen (secondary N) is 1. The van der Waals surface area contributed by atoms with Crippen LogP contribution in [0.5, 0.6) is 0 Å². The van der Waals surface area contributed by atoms with Crippen LogP contribution in [0.25, 0.3) is 0 Å². The predicted octanol–water partition coefficient (Wildman–Crippen LogP) is 2.40. The van der Waals surface area contributed by atoms with Crippen LogP contribution in [-0.4, -0.2) is 25.7 Å². The van der Waals surface area contributed by atoms with Crippen molar-refractivity contribution in [2.24, 2.45) is 0 Å². The van der Waals surface area contributed by atoms with E-state index >= 15 is 0 Å². The van der Waals surface area contributed by atoms with E-state index in [4.69, 9.17) is 0 Å². The Morgan fingerprint density at radius 1 is 1.32 bits per heavy atom. The van der Waals surface area contributed by atoms with Crippen LogP contribution in [0.3, 0.4) is 0 Å². The second kappa shape index (κ2) is 6.56. The van der Waals surface area contributed by atoms with E-state index in [0.717, 1.165) is 17.7 Å². The third-order valence-electron chi connectivity index (χ3n) is 2.51. The largest absolute Gasteiger partial charge is 0.416 e. The summed E-state index contributed by atoms with van der Waals surface area (Å²) in [6.45, 7) is 1.75. The lowest BCUT2D eigenvalue weighted by atomic mass is 10.0. The summed E-state index contributed by atoms with van der Waals surface area (Å²) in [7, 11) is 1.42. The van der Waals surface area contributed by atoms with Crippen molar-refractivity contribution in [1.82, 2.24) is 5.32 Å². The minimum atomic E-state index is -4.32. The molecule has 0 radical (unpaired) electrons. The number of halogens is 3. The molecule has 106 valence electrons. The minimum absolute atomic E-state index is 0.0304. The van der Waals surface area contributed by atoms with E-state index in [9.17, 15) is 18.0 Å². The molecule has 0 saturated heterocycles. The molecule has 1 atom stereocenters. The highest BCUT2D eigenvalue weighted by atomic mass is 19.4. The third-order valence-corrected chi connectivity index (χ3v) is 2.51. The molecule has 19 heavy (non-hydrogen) atoms. The molecule has 1 rings (SSSR count). The second-order valence-corrected chi connectivity index (χ2v) is 4.30. The third kappa shape index (κ3) is 5.30. The van der Waals surface area contributed by atoms with Gasteiger partial charge in [-0.3, -0.25) is 4.79 Å². The summed E-state index contributed by atoms with van der Waals surface area (Å²) in [5.74, 6) is -0.248. The molecule has 0 saturated carbocycles. The number of methoxy groups -OCH3 is 1. The molecule has 0 spiro atoms. The van der Waals surface area contributed by atoms with Gasteiger partial charge in [-0.25, -0.2) is 0 Å². The van der Waals surface area contributed by atoms with Gasteiger partial charge in [0.1, 0.15) is 6.61 Å². The Labute approximate surface area is 109 Å². The number of ether oxygens (including phenoxy) is 1. The minimum Gasteiger partial charge on any atom is -0.375 e. The quantitative estimate of drug-likeness (QED) is 0.896. The topological polar surface area (TPSA) is 38.3 Å². The van der Waals surface area contributed by atoms with Crippen molar-refractivity contribution in [2.45, 2.75) is 25.6 Å². The molecule has 0 aromatic heterocycles. The first-order valence-electron chi connectivity index (χ1n) is 5.77. The van der Waals surface area contributed by atoms with E-state index in [0.29, 0.717) is 6.42 Å². The van der Waals surface area contributed by atoms with Gasteiger partial charge in [0.25, 0.3) is 0 Å². The van der Waals surface area contributed by atoms with Crippen LogP contribution in [0.2, 0.25) is 0 Å². The van der Waals surface area contributed by atoms with Crippen molar-refractivity contribution >= 4 is 5.91 Å². The zero-order chi connectivity index (χ0) is 14.5. The summed E-state index contributed by atoms with van der Waals surface area (Å²) in [6.07, 6.45) is -3.86. The van der Waals surface area contributed by atoms with Gasteiger partial charge in [0.2, 0.25) is 5.91 Å². The molecule has 1 aromatic carbocycles. The maximum Gasteiger partial charge on any atom is 0.416 e. The highest BCUT2D eigenvalue weighted by molar-refractivity contribution is 5.77. The lowest BCUT2D eigenvalue weighted by Gasteiger charge is -2.14. The molecule has 0 heterocycles. The molecule has 6 heteroatoms. The van der Waals surface area contributed by atoms with Crippen LogP contribution < -0.4 is 5.32 Å². The first kappa shape index (κ1) is 15.5. The molecule has 0 aliphatic carbocycles. The Bertz CT molecular complexity index is 415. The fourth-order valence-corrected chi connectivity index (χ4v) is 1.68. The van der Waals surface area contributed by atoms with E-state index in [2.05, 4.69) is 10.1 Å². The Morgan fingerprint density at radius 3 is 2.37 bits per heavy atom. The molecule has 0 unspecified atom stereocenters. The number of alkyl halides is 3. The summed E-state index contributed by atoms with van der Waals surface area (Å²) in [4.78, 5) is 11.2. The summed E-state index contributed by atoms with van der Waals surface area (Å²) in [6, 6.07) is 4.75. The number of benzene rings is 1. The predicted molar refractivity (Wildman–Crippen MR) is 64.6 cm³/mol. The summed E-state index contributed by atoms with van der Waals surface area (Å²) in [5.41, 5.74) is 0.0607. The lowest BCUT2D eigenvalue weighted by molar-refractivity contribution is -0.137. The summed E-state index contributed by atoms with van der Waals surface area (Å²) >= 11 is 0. The summed E-state index contributed by atoms with van der Waals surface area (Å²) in [5, 5.41) is 2.69. The average molecular weight is 275 g/mol. The van der Waals surface area contributed by atoms with Crippen LogP contribution >= 0.6 is 0 Å². The van der Waals surface area contributed by atoms with Crippen molar-refractivity contribution in [2.75, 3.05) is 13.7 Å². The van der Waals surface area contributed by atoms with Gasteiger partial charge in [-0.1, -0.05) is 12.1 Å². The van der Waals surface area contributed by atoms with Gasteiger partial charge in [-0.05, 0) is 31.0 Å². The van der Waals surface area contributed by atoms with Gasteiger partial charge < -0.3 is 10.1 Å². The zero-order valence-corrected chi connectivity index (χ0v) is 10.8. The zero-order valence-electron chi connectivity index (χ0n) is 10.8. The molecule has 0 aliphatic rings. The molecule has 0 bridgehead atoms. The van der Waals surface area contributed by atoms with Gasteiger partial charge in [-0.2, -0.15) is 13.2 Å². The lowest BCUT2D eigenvalue weighted by Crippen LogP contribution is -2.36. The Kier molecular flexibility index (Phi) is 5.35. The maximum atomic E-state index is 12.4. The highest BCUT2D eigenvalue weighted by Crippen LogP contribution is 2.29. The highest BCUT2D eigenvalue weighted by Gasteiger charge is 2.29. The van der Waals surface area contributed by atoms with Crippen LogP contribution in [0.4, 0.5) is 13.2 Å². The number of hydrogen-bond acceptors (Lipinski definition) is 2. The molecule has 0 aliphatic heterocycles. The summed E-state index contributed by atoms with van der Waals surface area (Å²) < 4.78 is 41.8. The monoisotopic (exact) mass is 275 g/mol. The molecular formula is C13H16F3NO2. The van der Waals surface area contributed by atoms with Crippen molar-refractivity contribution in [3.63, 3.8) is 0 Å². The fraction of sp³-hybridized carbons (Fsp3) is 0.462. The fourth-order valence-electron chi connectivity index (χ4n) is 1.68. The van der Waals surface area contributed by atoms with Gasteiger partial charge in [-0.15, -0.1) is 0 Å². The first-order valence-corrected chi connectivity index (χ1v) is 5.77. The van der Waals surface area contributed by atoms with Crippen LogP contribution in [-0.2, 0) is 22.1 Å². The normalized spacial score (nSPS) is 13.1. The van der Waals surface area contributed by atoms with Crippen LogP contribution in [0.15, 0.2) is 24.3 Å². The van der Waals surface area contributed by atoms with E-state index in [1.54, 1.807) is 6.92 Å². The maximum absolute atomic E-state index is 12.4.